The van der Waals surface area contributed by atoms with Crippen LogP contribution < -0.4 is 4.90 Å². The number of hydrogen-bond acceptors (Lipinski definition) is 4. The molecular weight excluding hydrogens is 353 g/mol. The molecule has 0 spiro atoms. The van der Waals surface area contributed by atoms with Gasteiger partial charge in [-0.1, -0.05) is 42.5 Å². The molecule has 4 rings (SSSR count). The van der Waals surface area contributed by atoms with Gasteiger partial charge in [-0.2, -0.15) is 13.2 Å². The van der Waals surface area contributed by atoms with Crippen LogP contribution in [0, 0.1) is 0 Å². The first-order chi connectivity index (χ1) is 12.9. The van der Waals surface area contributed by atoms with Gasteiger partial charge in [-0.15, -0.1) is 0 Å². The molecule has 0 bridgehead atoms. The van der Waals surface area contributed by atoms with Crippen LogP contribution in [0.2, 0.25) is 0 Å². The third kappa shape index (κ3) is 3.47. The standard InChI is InChI=1S/C20H19F3N4/c1-26-11-12-27(17(13-26)14-7-3-2-4-8-14)18-15-9-5-6-10-16(15)24-19(25-18)20(21,22)23/h2-10,17H,11-13H2,1H3/t17-/m0/s1. The predicted octanol–water partition coefficient (Wildman–Crippen LogP) is 4.14. The fraction of sp³-hybridized carbons (Fsp3) is 0.300. The van der Waals surface area contributed by atoms with E-state index in [-0.39, 0.29) is 6.04 Å². The molecule has 0 saturated carbocycles. The first-order valence-electron chi connectivity index (χ1n) is 8.77. The molecule has 0 radical (unpaired) electrons. The van der Waals surface area contributed by atoms with Crippen molar-refractivity contribution >= 4 is 16.7 Å². The van der Waals surface area contributed by atoms with Crippen LogP contribution in [0.25, 0.3) is 10.9 Å². The number of aromatic nitrogens is 2. The summed E-state index contributed by atoms with van der Waals surface area (Å²) in [4.78, 5) is 11.9. The smallest absolute Gasteiger partial charge is 0.346 e. The van der Waals surface area contributed by atoms with E-state index in [9.17, 15) is 13.2 Å². The SMILES string of the molecule is CN1CCN(c2nc(C(F)(F)F)nc3ccccc23)[C@H](c2ccccc2)C1. The molecule has 4 nitrogen and oxygen atoms in total. The minimum absolute atomic E-state index is 0.0793. The maximum absolute atomic E-state index is 13.4. The van der Waals surface area contributed by atoms with Gasteiger partial charge in [0.25, 0.3) is 0 Å². The molecule has 1 aliphatic heterocycles. The van der Waals surface area contributed by atoms with E-state index in [4.69, 9.17) is 0 Å². The van der Waals surface area contributed by atoms with E-state index in [1.54, 1.807) is 24.3 Å². The fourth-order valence-corrected chi connectivity index (χ4v) is 3.54. The Balaban J connectivity index is 1.88. The number of alkyl halides is 3. The second-order valence-corrected chi connectivity index (χ2v) is 6.77. The quantitative estimate of drug-likeness (QED) is 0.677. The van der Waals surface area contributed by atoms with Gasteiger partial charge in [0.15, 0.2) is 0 Å². The number of nitrogens with zero attached hydrogens (tertiary/aromatic N) is 4. The lowest BCUT2D eigenvalue weighted by Crippen LogP contribution is -2.47. The number of para-hydroxylation sites is 1. The number of halogens is 3. The molecule has 3 aromatic rings. The Morgan fingerprint density at radius 1 is 0.926 bits per heavy atom. The Labute approximate surface area is 155 Å². The molecule has 0 unspecified atom stereocenters. The van der Waals surface area contributed by atoms with Crippen molar-refractivity contribution < 1.29 is 13.2 Å². The average molecular weight is 372 g/mol. The largest absolute Gasteiger partial charge is 0.451 e. The molecule has 1 fully saturated rings. The summed E-state index contributed by atoms with van der Waals surface area (Å²) in [6, 6.07) is 16.6. The normalized spacial score (nSPS) is 18.8. The number of benzene rings is 2. The highest BCUT2D eigenvalue weighted by Gasteiger charge is 2.37. The molecule has 140 valence electrons. The van der Waals surface area contributed by atoms with Gasteiger partial charge in [0, 0.05) is 25.0 Å². The van der Waals surface area contributed by atoms with Crippen LogP contribution in [0.4, 0.5) is 19.0 Å². The number of anilines is 1. The van der Waals surface area contributed by atoms with Gasteiger partial charge in [0.05, 0.1) is 11.6 Å². The minimum Gasteiger partial charge on any atom is -0.346 e. The molecule has 2 heterocycles. The first kappa shape index (κ1) is 17.7. The van der Waals surface area contributed by atoms with E-state index in [1.807, 2.05) is 42.3 Å². The number of piperazine rings is 1. The lowest BCUT2D eigenvalue weighted by molar-refractivity contribution is -0.144. The zero-order valence-corrected chi connectivity index (χ0v) is 14.8. The number of hydrogen-bond donors (Lipinski definition) is 0. The second-order valence-electron chi connectivity index (χ2n) is 6.77. The highest BCUT2D eigenvalue weighted by atomic mass is 19.4. The summed E-state index contributed by atoms with van der Waals surface area (Å²) in [7, 11) is 2.02. The summed E-state index contributed by atoms with van der Waals surface area (Å²) >= 11 is 0. The molecular formula is C20H19F3N4. The topological polar surface area (TPSA) is 32.3 Å². The summed E-state index contributed by atoms with van der Waals surface area (Å²) < 4.78 is 40.2. The lowest BCUT2D eigenvalue weighted by Gasteiger charge is -2.41. The number of fused-ring (bicyclic) bond motifs is 1. The third-order valence-corrected chi connectivity index (χ3v) is 4.88. The van der Waals surface area contributed by atoms with Gasteiger partial charge in [-0.25, -0.2) is 9.97 Å². The zero-order chi connectivity index (χ0) is 19.0. The van der Waals surface area contributed by atoms with Crippen molar-refractivity contribution in [3.8, 4) is 0 Å². The molecule has 1 saturated heterocycles. The van der Waals surface area contributed by atoms with Crippen molar-refractivity contribution in [2.24, 2.45) is 0 Å². The summed E-state index contributed by atoms with van der Waals surface area (Å²) in [5, 5.41) is 0.635. The average Bonchev–Trinajstić information content (AvgIpc) is 2.67. The van der Waals surface area contributed by atoms with Crippen LogP contribution >= 0.6 is 0 Å². The van der Waals surface area contributed by atoms with Crippen molar-refractivity contribution in [3.63, 3.8) is 0 Å². The van der Waals surface area contributed by atoms with Crippen LogP contribution in [-0.2, 0) is 6.18 Å². The Kier molecular flexibility index (Phi) is 4.47. The summed E-state index contributed by atoms with van der Waals surface area (Å²) in [5.41, 5.74) is 1.36. The van der Waals surface area contributed by atoms with Crippen LogP contribution in [0.3, 0.4) is 0 Å². The van der Waals surface area contributed by atoms with E-state index < -0.39 is 12.0 Å². The summed E-state index contributed by atoms with van der Waals surface area (Å²) in [6.07, 6.45) is -4.59. The van der Waals surface area contributed by atoms with Crippen molar-refractivity contribution in [2.45, 2.75) is 12.2 Å². The second kappa shape index (κ2) is 6.81. The Hall–Kier alpha value is -2.67. The first-order valence-corrected chi connectivity index (χ1v) is 8.77. The molecule has 0 N–H and O–H groups in total. The van der Waals surface area contributed by atoms with Crippen molar-refractivity contribution in [1.82, 2.24) is 14.9 Å². The van der Waals surface area contributed by atoms with Gasteiger partial charge in [-0.3, -0.25) is 0 Å². The molecule has 0 aliphatic carbocycles. The molecule has 7 heteroatoms. The van der Waals surface area contributed by atoms with E-state index in [0.717, 1.165) is 12.1 Å². The van der Waals surface area contributed by atoms with E-state index in [0.29, 0.717) is 29.8 Å². The van der Waals surface area contributed by atoms with Gasteiger partial charge in [0.1, 0.15) is 5.82 Å². The molecule has 27 heavy (non-hydrogen) atoms. The summed E-state index contributed by atoms with van der Waals surface area (Å²) in [5.74, 6) is -0.753. The third-order valence-electron chi connectivity index (χ3n) is 4.88. The number of likely N-dealkylation sites (N-methyl/N-ethyl adjacent to an activating group) is 1. The highest BCUT2D eigenvalue weighted by Crippen LogP contribution is 2.36. The van der Waals surface area contributed by atoms with E-state index in [1.165, 1.54) is 0 Å². The Bertz CT molecular complexity index is 943. The zero-order valence-electron chi connectivity index (χ0n) is 14.8. The Morgan fingerprint density at radius 3 is 2.37 bits per heavy atom. The fourth-order valence-electron chi connectivity index (χ4n) is 3.54. The van der Waals surface area contributed by atoms with Crippen molar-refractivity contribution in [1.29, 1.82) is 0 Å². The number of rotatable bonds is 2. The lowest BCUT2D eigenvalue weighted by atomic mass is 10.0. The van der Waals surface area contributed by atoms with Crippen molar-refractivity contribution in [2.75, 3.05) is 31.6 Å². The van der Waals surface area contributed by atoms with E-state index >= 15 is 0 Å². The van der Waals surface area contributed by atoms with E-state index in [2.05, 4.69) is 14.9 Å². The molecule has 1 aliphatic rings. The molecule has 0 amide bonds. The minimum atomic E-state index is -4.59. The molecule has 1 atom stereocenters. The van der Waals surface area contributed by atoms with Gasteiger partial charge in [-0.05, 0) is 24.7 Å². The van der Waals surface area contributed by atoms with Crippen LogP contribution in [0.5, 0.6) is 0 Å². The van der Waals surface area contributed by atoms with Crippen LogP contribution in [0.15, 0.2) is 54.6 Å². The Morgan fingerprint density at radius 2 is 1.63 bits per heavy atom. The monoisotopic (exact) mass is 372 g/mol. The van der Waals surface area contributed by atoms with Gasteiger partial charge >= 0.3 is 6.18 Å². The maximum Gasteiger partial charge on any atom is 0.451 e. The van der Waals surface area contributed by atoms with Gasteiger partial charge < -0.3 is 9.80 Å². The highest BCUT2D eigenvalue weighted by molar-refractivity contribution is 5.89. The van der Waals surface area contributed by atoms with Crippen LogP contribution in [-0.4, -0.2) is 41.5 Å². The summed E-state index contributed by atoms with van der Waals surface area (Å²) in [6.45, 7) is 2.06. The molecule has 2 aromatic carbocycles. The van der Waals surface area contributed by atoms with Crippen LogP contribution in [0.1, 0.15) is 17.4 Å². The predicted molar refractivity (Wildman–Crippen MR) is 98.6 cm³/mol. The van der Waals surface area contributed by atoms with Crippen molar-refractivity contribution in [3.05, 3.63) is 66.0 Å². The molecule has 1 aromatic heterocycles. The van der Waals surface area contributed by atoms with Gasteiger partial charge in [0.2, 0.25) is 5.82 Å². The maximum atomic E-state index is 13.4.